The average Bonchev–Trinajstić information content (AvgIpc) is 1.87. The molecule has 1 rings (SSSR count). The average molecular weight is 99.2 g/mol. The standard InChI is InChI=1S/C6H13N/c1-6-3-4-7(2)5-6/h6H,3-5H2,1-2H3. The number of likely N-dealkylation sites (tertiary alicyclic amines) is 1. The SMILES string of the molecule is CC1CCN(C)C1. The first kappa shape index (κ1) is 5.10. The van der Waals surface area contributed by atoms with Crippen molar-refractivity contribution in [1.29, 1.82) is 0 Å². The van der Waals surface area contributed by atoms with Crippen molar-refractivity contribution in [2.45, 2.75) is 13.3 Å². The van der Waals surface area contributed by atoms with Gasteiger partial charge >= 0.3 is 0 Å². The highest BCUT2D eigenvalue weighted by Gasteiger charge is 2.13. The molecule has 0 aliphatic carbocycles. The van der Waals surface area contributed by atoms with Gasteiger partial charge in [-0.05, 0) is 25.9 Å². The molecule has 1 unspecified atom stereocenters. The van der Waals surface area contributed by atoms with Crippen LogP contribution in [0, 0.1) is 5.92 Å². The molecule has 42 valence electrons. The third-order valence-electron chi connectivity index (χ3n) is 1.63. The first-order valence-electron chi connectivity index (χ1n) is 2.97. The lowest BCUT2D eigenvalue weighted by Gasteiger charge is -2.03. The van der Waals surface area contributed by atoms with Gasteiger partial charge in [-0.2, -0.15) is 0 Å². The third-order valence-corrected chi connectivity index (χ3v) is 1.63. The van der Waals surface area contributed by atoms with Crippen molar-refractivity contribution in [3.63, 3.8) is 0 Å². The Labute approximate surface area is 45.3 Å². The Balaban J connectivity index is 2.26. The number of hydrogen-bond donors (Lipinski definition) is 0. The second kappa shape index (κ2) is 1.83. The van der Waals surface area contributed by atoms with Gasteiger partial charge in [0.25, 0.3) is 0 Å². The lowest BCUT2D eigenvalue weighted by molar-refractivity contribution is 0.402. The predicted molar refractivity (Wildman–Crippen MR) is 31.3 cm³/mol. The largest absolute Gasteiger partial charge is 0.306 e. The Morgan fingerprint density at radius 3 is 2.43 bits per heavy atom. The first-order chi connectivity index (χ1) is 3.29. The van der Waals surface area contributed by atoms with Crippen molar-refractivity contribution < 1.29 is 0 Å². The van der Waals surface area contributed by atoms with E-state index in [0.717, 1.165) is 5.92 Å². The molecule has 1 atom stereocenters. The maximum absolute atomic E-state index is 2.38. The Morgan fingerprint density at radius 2 is 2.29 bits per heavy atom. The molecule has 1 fully saturated rings. The monoisotopic (exact) mass is 99.1 g/mol. The van der Waals surface area contributed by atoms with Crippen LogP contribution in [-0.2, 0) is 0 Å². The Bertz CT molecular complexity index is 53.2. The van der Waals surface area contributed by atoms with Gasteiger partial charge in [0.1, 0.15) is 0 Å². The summed E-state index contributed by atoms with van der Waals surface area (Å²) in [6, 6.07) is 0. The van der Waals surface area contributed by atoms with E-state index >= 15 is 0 Å². The molecular weight excluding hydrogens is 86.1 g/mol. The predicted octanol–water partition coefficient (Wildman–Crippen LogP) is 0.958. The molecule has 0 aromatic heterocycles. The second-order valence-corrected chi connectivity index (χ2v) is 2.66. The van der Waals surface area contributed by atoms with E-state index in [1.807, 2.05) is 0 Å². The molecule has 0 saturated carbocycles. The van der Waals surface area contributed by atoms with Crippen LogP contribution < -0.4 is 0 Å². The highest BCUT2D eigenvalue weighted by molar-refractivity contribution is 4.67. The van der Waals surface area contributed by atoms with Gasteiger partial charge in [-0.25, -0.2) is 0 Å². The zero-order chi connectivity index (χ0) is 5.28. The molecule has 0 aromatic rings. The van der Waals surface area contributed by atoms with Crippen LogP contribution >= 0.6 is 0 Å². The van der Waals surface area contributed by atoms with Crippen molar-refractivity contribution >= 4 is 0 Å². The van der Waals surface area contributed by atoms with Crippen molar-refractivity contribution in [2.75, 3.05) is 20.1 Å². The van der Waals surface area contributed by atoms with Crippen molar-refractivity contribution in [1.82, 2.24) is 4.90 Å². The van der Waals surface area contributed by atoms with E-state index in [4.69, 9.17) is 0 Å². The minimum absolute atomic E-state index is 0.949. The molecule has 0 N–H and O–H groups in total. The zero-order valence-corrected chi connectivity index (χ0v) is 5.15. The summed E-state index contributed by atoms with van der Waals surface area (Å²) in [6.07, 6.45) is 1.40. The van der Waals surface area contributed by atoms with E-state index < -0.39 is 0 Å². The van der Waals surface area contributed by atoms with Crippen LogP contribution in [0.1, 0.15) is 13.3 Å². The maximum Gasteiger partial charge on any atom is 0.000445 e. The number of hydrogen-bond acceptors (Lipinski definition) is 1. The molecule has 0 spiro atoms. The fourth-order valence-corrected chi connectivity index (χ4v) is 1.16. The zero-order valence-electron chi connectivity index (χ0n) is 5.15. The van der Waals surface area contributed by atoms with Gasteiger partial charge in [-0.15, -0.1) is 0 Å². The van der Waals surface area contributed by atoms with Crippen LogP contribution in [0.25, 0.3) is 0 Å². The highest BCUT2D eigenvalue weighted by Crippen LogP contribution is 2.11. The van der Waals surface area contributed by atoms with E-state index in [-0.39, 0.29) is 0 Å². The van der Waals surface area contributed by atoms with Crippen LogP contribution in [0.4, 0.5) is 0 Å². The summed E-state index contributed by atoms with van der Waals surface area (Å²) in [6.45, 7) is 4.92. The Morgan fingerprint density at radius 1 is 1.57 bits per heavy atom. The van der Waals surface area contributed by atoms with Crippen LogP contribution in [0.15, 0.2) is 0 Å². The van der Waals surface area contributed by atoms with Crippen LogP contribution in [0.5, 0.6) is 0 Å². The van der Waals surface area contributed by atoms with Crippen molar-refractivity contribution in [3.05, 3.63) is 0 Å². The molecule has 7 heavy (non-hydrogen) atoms. The van der Waals surface area contributed by atoms with Gasteiger partial charge in [0.05, 0.1) is 0 Å². The molecule has 1 heteroatoms. The summed E-state index contributed by atoms with van der Waals surface area (Å²) in [5.41, 5.74) is 0. The van der Waals surface area contributed by atoms with E-state index in [1.165, 1.54) is 19.5 Å². The van der Waals surface area contributed by atoms with Gasteiger partial charge in [-0.3, -0.25) is 0 Å². The summed E-state index contributed by atoms with van der Waals surface area (Å²) in [5, 5.41) is 0. The smallest absolute Gasteiger partial charge is 0.000445 e. The van der Waals surface area contributed by atoms with E-state index in [0.29, 0.717) is 0 Å². The minimum Gasteiger partial charge on any atom is -0.306 e. The van der Waals surface area contributed by atoms with E-state index in [1.54, 1.807) is 0 Å². The lowest BCUT2D eigenvalue weighted by atomic mass is 10.2. The van der Waals surface area contributed by atoms with Gasteiger partial charge < -0.3 is 4.90 Å². The highest BCUT2D eigenvalue weighted by atomic mass is 15.1. The molecule has 0 radical (unpaired) electrons. The third kappa shape index (κ3) is 1.16. The van der Waals surface area contributed by atoms with E-state index in [9.17, 15) is 0 Å². The van der Waals surface area contributed by atoms with Crippen molar-refractivity contribution in [3.8, 4) is 0 Å². The van der Waals surface area contributed by atoms with Gasteiger partial charge in [0, 0.05) is 6.54 Å². The molecule has 1 saturated heterocycles. The first-order valence-corrected chi connectivity index (χ1v) is 2.97. The number of rotatable bonds is 0. The fraction of sp³-hybridized carbons (Fsp3) is 1.00. The Kier molecular flexibility index (Phi) is 1.33. The van der Waals surface area contributed by atoms with Crippen LogP contribution in [-0.4, -0.2) is 25.0 Å². The molecule has 0 aromatic carbocycles. The normalized spacial score (nSPS) is 34.3. The maximum atomic E-state index is 2.38. The summed E-state index contributed by atoms with van der Waals surface area (Å²) in [5.74, 6) is 0.949. The van der Waals surface area contributed by atoms with Gasteiger partial charge in [0.15, 0.2) is 0 Å². The van der Waals surface area contributed by atoms with Crippen LogP contribution in [0.3, 0.4) is 0 Å². The van der Waals surface area contributed by atoms with Crippen LogP contribution in [0.2, 0.25) is 0 Å². The topological polar surface area (TPSA) is 3.24 Å². The second-order valence-electron chi connectivity index (χ2n) is 2.66. The quantitative estimate of drug-likeness (QED) is 0.437. The van der Waals surface area contributed by atoms with Gasteiger partial charge in [0.2, 0.25) is 0 Å². The molecule has 0 bridgehead atoms. The molecule has 1 heterocycles. The minimum atomic E-state index is 0.949. The van der Waals surface area contributed by atoms with Gasteiger partial charge in [-0.1, -0.05) is 6.92 Å². The molecule has 1 aliphatic heterocycles. The summed E-state index contributed by atoms with van der Waals surface area (Å²) in [4.78, 5) is 2.38. The van der Waals surface area contributed by atoms with Crippen molar-refractivity contribution in [2.24, 2.45) is 5.92 Å². The molecule has 1 nitrogen and oxygen atoms in total. The summed E-state index contributed by atoms with van der Waals surface area (Å²) in [7, 11) is 2.18. The molecular formula is C6H13N. The Hall–Kier alpha value is -0.0400. The van der Waals surface area contributed by atoms with E-state index in [2.05, 4.69) is 18.9 Å². The molecule has 1 aliphatic rings. The number of nitrogens with zero attached hydrogens (tertiary/aromatic N) is 1. The summed E-state index contributed by atoms with van der Waals surface area (Å²) < 4.78 is 0. The molecule has 0 amide bonds. The summed E-state index contributed by atoms with van der Waals surface area (Å²) >= 11 is 0. The fourth-order valence-electron chi connectivity index (χ4n) is 1.16. The lowest BCUT2D eigenvalue weighted by Crippen LogP contribution is -2.12.